The van der Waals surface area contributed by atoms with Crippen LogP contribution in [0, 0.1) is 11.7 Å². The fraction of sp³-hybridized carbons (Fsp3) is 0.407. The zero-order valence-electron chi connectivity index (χ0n) is 21.8. The first-order valence-electron chi connectivity index (χ1n) is 11.9. The number of thioether (sulfide) groups is 1. The molecule has 3 N–H and O–H groups in total. The van der Waals surface area contributed by atoms with Crippen LogP contribution in [0.25, 0.3) is 0 Å². The summed E-state index contributed by atoms with van der Waals surface area (Å²) in [5.74, 6) is -2.16. The van der Waals surface area contributed by atoms with Crippen LogP contribution in [0.2, 0.25) is 0 Å². The van der Waals surface area contributed by atoms with Crippen molar-refractivity contribution >= 4 is 35.3 Å². The Balaban J connectivity index is 2.04. The molecule has 0 spiro atoms. The highest BCUT2D eigenvalue weighted by Crippen LogP contribution is 2.24. The Labute approximate surface area is 225 Å². The summed E-state index contributed by atoms with van der Waals surface area (Å²) in [7, 11) is 2.98. The van der Waals surface area contributed by atoms with E-state index >= 15 is 0 Å². The van der Waals surface area contributed by atoms with E-state index in [9.17, 15) is 28.7 Å². The summed E-state index contributed by atoms with van der Waals surface area (Å²) in [5, 5.41) is 14.5. The molecule has 206 valence electrons. The van der Waals surface area contributed by atoms with Gasteiger partial charge in [0.2, 0.25) is 11.8 Å². The number of amides is 2. The molecule has 2 atom stereocenters. The first-order chi connectivity index (χ1) is 18.0. The summed E-state index contributed by atoms with van der Waals surface area (Å²) in [6.07, 6.45) is -0.685. The molecule has 0 saturated carbocycles. The Morgan fingerprint density at radius 3 is 2.26 bits per heavy atom. The van der Waals surface area contributed by atoms with Crippen molar-refractivity contribution in [3.8, 4) is 11.5 Å². The molecule has 0 aliphatic heterocycles. The number of ketones is 1. The van der Waals surface area contributed by atoms with Crippen molar-refractivity contribution in [3.05, 3.63) is 59.4 Å². The number of nitrogens with one attached hydrogen (secondary N) is 2. The molecule has 2 aromatic rings. The zero-order valence-corrected chi connectivity index (χ0v) is 22.6. The largest absolute Gasteiger partial charge is 0.497 e. The lowest BCUT2D eigenvalue weighted by Gasteiger charge is -2.25. The number of hydrogen-bond acceptors (Lipinski definition) is 7. The van der Waals surface area contributed by atoms with Crippen LogP contribution in [0.1, 0.15) is 31.4 Å². The minimum absolute atomic E-state index is 0.0516. The average Bonchev–Trinajstić information content (AvgIpc) is 2.87. The molecular weight excluding hydrogens is 515 g/mol. The highest BCUT2D eigenvalue weighted by molar-refractivity contribution is 7.99. The number of ether oxygens (including phenoxy) is 2. The van der Waals surface area contributed by atoms with Gasteiger partial charge in [0.05, 0.1) is 38.9 Å². The van der Waals surface area contributed by atoms with Gasteiger partial charge in [-0.25, -0.2) is 4.39 Å². The van der Waals surface area contributed by atoms with Gasteiger partial charge in [-0.2, -0.15) is 0 Å². The Morgan fingerprint density at radius 2 is 1.68 bits per heavy atom. The Bertz CT molecular complexity index is 1120. The van der Waals surface area contributed by atoms with Crippen LogP contribution in [-0.4, -0.2) is 60.7 Å². The van der Waals surface area contributed by atoms with Gasteiger partial charge in [0, 0.05) is 11.3 Å². The molecule has 0 fully saturated rings. The van der Waals surface area contributed by atoms with Crippen LogP contribution in [-0.2, 0) is 31.4 Å². The first-order valence-corrected chi connectivity index (χ1v) is 13.1. The van der Waals surface area contributed by atoms with Crippen molar-refractivity contribution in [2.75, 3.05) is 20.0 Å². The van der Waals surface area contributed by atoms with Crippen molar-refractivity contribution in [3.63, 3.8) is 0 Å². The van der Waals surface area contributed by atoms with Crippen molar-refractivity contribution in [2.24, 2.45) is 5.92 Å². The van der Waals surface area contributed by atoms with Gasteiger partial charge in [0.25, 0.3) is 0 Å². The molecular formula is C27H33FN2O7S. The van der Waals surface area contributed by atoms with E-state index in [0.29, 0.717) is 22.8 Å². The fourth-order valence-electron chi connectivity index (χ4n) is 3.58. The molecule has 0 saturated heterocycles. The summed E-state index contributed by atoms with van der Waals surface area (Å²) in [4.78, 5) is 50.0. The highest BCUT2D eigenvalue weighted by atomic mass is 32.2. The topological polar surface area (TPSA) is 131 Å². The van der Waals surface area contributed by atoms with Crippen LogP contribution in [0.3, 0.4) is 0 Å². The predicted molar refractivity (Wildman–Crippen MR) is 142 cm³/mol. The Hall–Kier alpha value is -3.60. The van der Waals surface area contributed by atoms with Gasteiger partial charge in [0.1, 0.15) is 23.4 Å². The van der Waals surface area contributed by atoms with Crippen molar-refractivity contribution in [1.29, 1.82) is 0 Å². The average molecular weight is 549 g/mol. The fourth-order valence-corrected chi connectivity index (χ4v) is 4.52. The summed E-state index contributed by atoms with van der Waals surface area (Å²) in [5.41, 5.74) is 1.36. The molecule has 2 rings (SSSR count). The van der Waals surface area contributed by atoms with E-state index in [-0.39, 0.29) is 23.9 Å². The molecule has 0 bridgehead atoms. The van der Waals surface area contributed by atoms with Gasteiger partial charge in [-0.1, -0.05) is 26.0 Å². The maximum Gasteiger partial charge on any atom is 0.305 e. The van der Waals surface area contributed by atoms with Gasteiger partial charge in [0.15, 0.2) is 5.78 Å². The molecule has 0 aliphatic rings. The molecule has 2 aromatic carbocycles. The molecule has 0 unspecified atom stereocenters. The number of halogens is 1. The van der Waals surface area contributed by atoms with E-state index in [2.05, 4.69) is 10.6 Å². The van der Waals surface area contributed by atoms with Crippen LogP contribution < -0.4 is 20.1 Å². The van der Waals surface area contributed by atoms with E-state index < -0.39 is 42.1 Å². The molecule has 38 heavy (non-hydrogen) atoms. The number of Topliss-reactive ketones (excluding diaryl/α,β-unsaturated/α-hetero) is 1. The molecule has 0 aliphatic carbocycles. The smallest absolute Gasteiger partial charge is 0.305 e. The van der Waals surface area contributed by atoms with Crippen molar-refractivity contribution in [1.82, 2.24) is 10.6 Å². The number of carbonyl (C=O) groups is 4. The molecule has 11 heteroatoms. The minimum atomic E-state index is -1.27. The number of carboxylic acids is 1. The number of carboxylic acid groups (broad SMARTS) is 1. The SMILES string of the molecule is COc1ccc(OC)c(CC(=O)N[C@H](C(=O)N[C@@H](CC(=O)O)C(=O)CSCc2ccc(F)cc2)C(C)C)c1. The zero-order chi connectivity index (χ0) is 28.2. The van der Waals surface area contributed by atoms with E-state index in [1.807, 2.05) is 0 Å². The van der Waals surface area contributed by atoms with Crippen LogP contribution in [0.15, 0.2) is 42.5 Å². The van der Waals surface area contributed by atoms with Gasteiger partial charge >= 0.3 is 5.97 Å². The number of methoxy groups -OCH3 is 2. The number of aliphatic carboxylic acids is 1. The lowest BCUT2D eigenvalue weighted by molar-refractivity contribution is -0.140. The summed E-state index contributed by atoms with van der Waals surface area (Å²) in [6, 6.07) is 8.58. The first kappa shape index (κ1) is 30.6. The maximum atomic E-state index is 13.1. The summed E-state index contributed by atoms with van der Waals surface area (Å²) < 4.78 is 23.6. The summed E-state index contributed by atoms with van der Waals surface area (Å²) >= 11 is 1.23. The second-order valence-electron chi connectivity index (χ2n) is 8.89. The lowest BCUT2D eigenvalue weighted by Crippen LogP contribution is -2.54. The van der Waals surface area contributed by atoms with Gasteiger partial charge in [-0.05, 0) is 41.8 Å². The molecule has 2 amide bonds. The third-order valence-electron chi connectivity index (χ3n) is 5.61. The van der Waals surface area contributed by atoms with E-state index in [4.69, 9.17) is 9.47 Å². The minimum Gasteiger partial charge on any atom is -0.497 e. The quantitative estimate of drug-likeness (QED) is 0.310. The van der Waals surface area contributed by atoms with E-state index in [1.54, 1.807) is 44.2 Å². The second-order valence-corrected chi connectivity index (χ2v) is 9.87. The normalized spacial score (nSPS) is 12.4. The predicted octanol–water partition coefficient (Wildman–Crippen LogP) is 2.99. The molecule has 0 heterocycles. The van der Waals surface area contributed by atoms with Gasteiger partial charge in [-0.15, -0.1) is 11.8 Å². The Kier molecular flexibility index (Phi) is 12.1. The number of hydrogen-bond donors (Lipinski definition) is 3. The van der Waals surface area contributed by atoms with Crippen LogP contribution >= 0.6 is 11.8 Å². The van der Waals surface area contributed by atoms with E-state index in [1.165, 1.54) is 38.1 Å². The van der Waals surface area contributed by atoms with Gasteiger partial charge in [-0.3, -0.25) is 19.2 Å². The van der Waals surface area contributed by atoms with Crippen molar-refractivity contribution in [2.45, 2.75) is 44.5 Å². The van der Waals surface area contributed by atoms with Crippen molar-refractivity contribution < 1.29 is 38.1 Å². The summed E-state index contributed by atoms with van der Waals surface area (Å²) in [6.45, 7) is 3.45. The third-order valence-corrected chi connectivity index (χ3v) is 6.64. The Morgan fingerprint density at radius 1 is 1.00 bits per heavy atom. The number of rotatable bonds is 15. The van der Waals surface area contributed by atoms with E-state index in [0.717, 1.165) is 5.56 Å². The highest BCUT2D eigenvalue weighted by Gasteiger charge is 2.30. The number of carbonyl (C=O) groups excluding carboxylic acids is 3. The molecule has 0 aromatic heterocycles. The lowest BCUT2D eigenvalue weighted by atomic mass is 10.0. The molecule has 9 nitrogen and oxygen atoms in total. The standard InChI is InChI=1S/C27H33FN2O7S/c1-16(2)26(30-24(32)12-18-11-20(36-3)9-10-23(18)37-4)27(35)29-21(13-25(33)34)22(31)15-38-14-17-5-7-19(28)8-6-17/h5-11,16,21,26H,12-15H2,1-4H3,(H,29,35)(H,30,32)(H,33,34)/t21-,26-/m0/s1. The van der Waals surface area contributed by atoms with Crippen LogP contribution in [0.5, 0.6) is 11.5 Å². The maximum absolute atomic E-state index is 13.1. The van der Waals surface area contributed by atoms with Gasteiger partial charge < -0.3 is 25.2 Å². The second kappa shape index (κ2) is 15.0. The third kappa shape index (κ3) is 9.70. The monoisotopic (exact) mass is 548 g/mol. The van der Waals surface area contributed by atoms with Crippen LogP contribution in [0.4, 0.5) is 4.39 Å². The number of benzene rings is 2. The molecule has 0 radical (unpaired) electrons.